The molecule has 18 heavy (non-hydrogen) atoms. The van der Waals surface area contributed by atoms with Crippen LogP contribution in [-0.2, 0) is 16.1 Å². The molecule has 100 valence electrons. The number of benzene rings is 1. The summed E-state index contributed by atoms with van der Waals surface area (Å²) in [6.45, 7) is 2.68. The number of carboxylic acid groups (broad SMARTS) is 1. The first-order chi connectivity index (χ1) is 8.56. The second kappa shape index (κ2) is 7.20. The Kier molecular flexibility index (Phi) is 5.91. The molecule has 0 saturated carbocycles. The highest BCUT2D eigenvalue weighted by molar-refractivity contribution is 6.31. The summed E-state index contributed by atoms with van der Waals surface area (Å²) in [5, 5.41) is 12.4. The molecule has 0 heterocycles. The zero-order valence-corrected chi connectivity index (χ0v) is 10.9. The number of carbonyl (C=O) groups is 1. The van der Waals surface area contributed by atoms with Crippen molar-refractivity contribution in [3.63, 3.8) is 0 Å². The van der Waals surface area contributed by atoms with Crippen LogP contribution in [0.2, 0.25) is 5.02 Å². The van der Waals surface area contributed by atoms with Gasteiger partial charge in [0, 0.05) is 29.4 Å². The molecule has 1 atom stereocenters. The Morgan fingerprint density at radius 2 is 2.33 bits per heavy atom. The Balaban J connectivity index is 2.64. The van der Waals surface area contributed by atoms with Crippen LogP contribution in [0.15, 0.2) is 18.2 Å². The van der Waals surface area contributed by atoms with Crippen molar-refractivity contribution in [3.8, 4) is 0 Å². The van der Waals surface area contributed by atoms with Gasteiger partial charge in [0.15, 0.2) is 0 Å². The molecule has 0 saturated heterocycles. The van der Waals surface area contributed by atoms with E-state index in [0.717, 1.165) is 0 Å². The minimum Gasteiger partial charge on any atom is -0.480 e. The van der Waals surface area contributed by atoms with E-state index in [1.165, 1.54) is 0 Å². The zero-order valence-electron chi connectivity index (χ0n) is 10.1. The fraction of sp³-hybridized carbons (Fsp3) is 0.417. The van der Waals surface area contributed by atoms with E-state index in [1.54, 1.807) is 18.2 Å². The number of nitrogen functional groups attached to an aromatic ring is 1. The molecule has 5 nitrogen and oxygen atoms in total. The van der Waals surface area contributed by atoms with Crippen LogP contribution in [0.1, 0.15) is 12.5 Å². The van der Waals surface area contributed by atoms with Crippen molar-refractivity contribution < 1.29 is 14.6 Å². The van der Waals surface area contributed by atoms with Crippen LogP contribution in [0.4, 0.5) is 5.69 Å². The maximum absolute atomic E-state index is 11.0. The first-order valence-corrected chi connectivity index (χ1v) is 6.00. The lowest BCUT2D eigenvalue weighted by Crippen LogP contribution is -2.40. The van der Waals surface area contributed by atoms with E-state index in [-0.39, 0.29) is 13.2 Å². The molecule has 0 amide bonds. The van der Waals surface area contributed by atoms with Crippen molar-refractivity contribution in [2.45, 2.75) is 19.5 Å². The largest absolute Gasteiger partial charge is 0.480 e. The second-order valence-corrected chi connectivity index (χ2v) is 4.15. The van der Waals surface area contributed by atoms with Gasteiger partial charge < -0.3 is 15.6 Å². The smallest absolute Gasteiger partial charge is 0.323 e. The molecule has 1 aromatic carbocycles. The summed E-state index contributed by atoms with van der Waals surface area (Å²) in [4.78, 5) is 11.0. The van der Waals surface area contributed by atoms with Crippen LogP contribution in [-0.4, -0.2) is 30.3 Å². The van der Waals surface area contributed by atoms with Crippen molar-refractivity contribution in [1.82, 2.24) is 5.32 Å². The predicted octanol–water partition coefficient (Wildman–Crippen LogP) is 1.50. The zero-order chi connectivity index (χ0) is 13.5. The summed E-state index contributed by atoms with van der Waals surface area (Å²) in [6.07, 6.45) is 0. The van der Waals surface area contributed by atoms with Crippen molar-refractivity contribution in [1.29, 1.82) is 0 Å². The molecule has 0 bridgehead atoms. The summed E-state index contributed by atoms with van der Waals surface area (Å²) in [6, 6.07) is 4.41. The number of aliphatic carboxylic acids is 1. The van der Waals surface area contributed by atoms with Crippen molar-refractivity contribution >= 4 is 23.3 Å². The van der Waals surface area contributed by atoms with Crippen LogP contribution in [0, 0.1) is 0 Å². The summed E-state index contributed by atoms with van der Waals surface area (Å²) in [5.74, 6) is -0.964. The summed E-state index contributed by atoms with van der Waals surface area (Å²) in [7, 11) is 0. The number of hydrogen-bond donors (Lipinski definition) is 3. The highest BCUT2D eigenvalue weighted by Gasteiger charge is 2.17. The molecular weight excluding hydrogens is 256 g/mol. The minimum absolute atomic E-state index is 0.107. The Hall–Kier alpha value is -1.30. The average Bonchev–Trinajstić information content (AvgIpc) is 2.31. The standard InChI is InChI=1S/C12H17ClN2O3/c1-2-18-7-11(12(16)17)15-6-8-9(13)4-3-5-10(8)14/h3-5,11,15H,2,6-7,14H2,1H3,(H,16,17)/t11-/m0/s1. The van der Waals surface area contributed by atoms with Crippen LogP contribution in [0.25, 0.3) is 0 Å². The monoisotopic (exact) mass is 272 g/mol. The molecule has 1 aromatic rings. The van der Waals surface area contributed by atoms with E-state index in [0.29, 0.717) is 22.9 Å². The van der Waals surface area contributed by atoms with Gasteiger partial charge in [-0.25, -0.2) is 0 Å². The number of nitrogens with two attached hydrogens (primary N) is 1. The van der Waals surface area contributed by atoms with E-state index in [9.17, 15) is 4.79 Å². The highest BCUT2D eigenvalue weighted by atomic mass is 35.5. The molecule has 1 rings (SSSR count). The number of rotatable bonds is 7. The molecule has 0 aliphatic rings. The molecule has 0 aliphatic carbocycles. The van der Waals surface area contributed by atoms with Gasteiger partial charge in [0.1, 0.15) is 6.04 Å². The maximum atomic E-state index is 11.0. The molecule has 0 fully saturated rings. The fourth-order valence-corrected chi connectivity index (χ4v) is 1.69. The topological polar surface area (TPSA) is 84.6 Å². The van der Waals surface area contributed by atoms with E-state index < -0.39 is 12.0 Å². The van der Waals surface area contributed by atoms with Crippen LogP contribution >= 0.6 is 11.6 Å². The quantitative estimate of drug-likeness (QED) is 0.655. The van der Waals surface area contributed by atoms with Gasteiger partial charge in [0.05, 0.1) is 6.61 Å². The van der Waals surface area contributed by atoms with Crippen LogP contribution < -0.4 is 11.1 Å². The predicted molar refractivity (Wildman–Crippen MR) is 70.6 cm³/mol. The third-order valence-corrected chi connectivity index (χ3v) is 2.82. The molecule has 0 spiro atoms. The molecule has 0 radical (unpaired) electrons. The van der Waals surface area contributed by atoms with E-state index in [2.05, 4.69) is 5.32 Å². The Morgan fingerprint density at radius 1 is 1.61 bits per heavy atom. The lowest BCUT2D eigenvalue weighted by Gasteiger charge is -2.15. The lowest BCUT2D eigenvalue weighted by molar-refractivity contribution is -0.141. The van der Waals surface area contributed by atoms with Crippen molar-refractivity contribution in [2.75, 3.05) is 18.9 Å². The van der Waals surface area contributed by atoms with Gasteiger partial charge in [-0.1, -0.05) is 17.7 Å². The van der Waals surface area contributed by atoms with Crippen molar-refractivity contribution in [2.24, 2.45) is 0 Å². The van der Waals surface area contributed by atoms with Crippen molar-refractivity contribution in [3.05, 3.63) is 28.8 Å². The van der Waals surface area contributed by atoms with Crippen LogP contribution in [0.3, 0.4) is 0 Å². The third kappa shape index (κ3) is 4.18. The number of ether oxygens (including phenoxy) is 1. The second-order valence-electron chi connectivity index (χ2n) is 3.74. The normalized spacial score (nSPS) is 12.3. The van der Waals surface area contributed by atoms with Gasteiger partial charge in [0.25, 0.3) is 0 Å². The molecule has 0 aliphatic heterocycles. The number of carboxylic acids is 1. The summed E-state index contributed by atoms with van der Waals surface area (Å²) in [5.41, 5.74) is 7.01. The first-order valence-electron chi connectivity index (χ1n) is 5.63. The van der Waals surface area contributed by atoms with Gasteiger partial charge in [-0.3, -0.25) is 10.1 Å². The fourth-order valence-electron chi connectivity index (χ4n) is 1.44. The van der Waals surface area contributed by atoms with E-state index in [4.69, 9.17) is 27.2 Å². The lowest BCUT2D eigenvalue weighted by atomic mass is 10.1. The highest BCUT2D eigenvalue weighted by Crippen LogP contribution is 2.21. The Morgan fingerprint density at radius 3 is 2.89 bits per heavy atom. The van der Waals surface area contributed by atoms with Crippen LogP contribution in [0.5, 0.6) is 0 Å². The molecule has 6 heteroatoms. The number of hydrogen-bond acceptors (Lipinski definition) is 4. The van der Waals surface area contributed by atoms with Gasteiger partial charge >= 0.3 is 5.97 Å². The number of halogens is 1. The van der Waals surface area contributed by atoms with Gasteiger partial charge in [0.2, 0.25) is 0 Å². The van der Waals surface area contributed by atoms with Gasteiger partial charge in [-0.15, -0.1) is 0 Å². The molecular formula is C12H17ClN2O3. The third-order valence-electron chi connectivity index (χ3n) is 2.47. The van der Waals surface area contributed by atoms with E-state index in [1.807, 2.05) is 6.92 Å². The Labute approximate surface area is 111 Å². The molecule has 4 N–H and O–H groups in total. The molecule has 0 unspecified atom stereocenters. The summed E-state index contributed by atoms with van der Waals surface area (Å²) >= 11 is 6.00. The maximum Gasteiger partial charge on any atom is 0.323 e. The number of nitrogens with one attached hydrogen (secondary N) is 1. The SMILES string of the molecule is CCOC[C@H](NCc1c(N)cccc1Cl)C(=O)O. The minimum atomic E-state index is -0.964. The summed E-state index contributed by atoms with van der Waals surface area (Å²) < 4.78 is 5.10. The van der Waals surface area contributed by atoms with E-state index >= 15 is 0 Å². The molecule has 0 aromatic heterocycles. The number of anilines is 1. The average molecular weight is 273 g/mol. The first kappa shape index (κ1) is 14.8. The van der Waals surface area contributed by atoms with Gasteiger partial charge in [-0.2, -0.15) is 0 Å². The van der Waals surface area contributed by atoms with Gasteiger partial charge in [-0.05, 0) is 19.1 Å². The Bertz CT molecular complexity index is 392.